The van der Waals surface area contributed by atoms with Crippen LogP contribution in [0.15, 0.2) is 0 Å². The Bertz CT molecular complexity index is 349. The standard InChI is InChI=1S/C15H27N3O2/c16-15(20)14-3-1-2-6-17(14)7-8-18-11-4-5-12(18)10-13(19)9-11/h11-14,19H,1-10H2,(H2,16,20). The molecule has 3 rings (SSSR count). The van der Waals surface area contributed by atoms with E-state index in [4.69, 9.17) is 5.73 Å². The lowest BCUT2D eigenvalue weighted by Crippen LogP contribution is -2.52. The van der Waals surface area contributed by atoms with Crippen LogP contribution in [0, 0.1) is 0 Å². The predicted molar refractivity (Wildman–Crippen MR) is 77.2 cm³/mol. The van der Waals surface area contributed by atoms with Gasteiger partial charge in [0.05, 0.1) is 12.1 Å². The molecule has 3 heterocycles. The number of fused-ring (bicyclic) bond motifs is 2. The number of aliphatic hydroxyl groups is 1. The predicted octanol–water partition coefficient (Wildman–Crippen LogP) is 0.314. The van der Waals surface area contributed by atoms with Gasteiger partial charge in [-0.25, -0.2) is 0 Å². The van der Waals surface area contributed by atoms with Gasteiger partial charge < -0.3 is 10.8 Å². The maximum Gasteiger partial charge on any atom is 0.234 e. The molecule has 114 valence electrons. The smallest absolute Gasteiger partial charge is 0.234 e. The fourth-order valence-corrected chi connectivity index (χ4v) is 4.44. The molecule has 3 N–H and O–H groups in total. The Balaban J connectivity index is 1.55. The SMILES string of the molecule is NC(=O)C1CCCCN1CCN1C2CCC1CC(O)C2. The Morgan fingerprint density at radius 3 is 2.45 bits per heavy atom. The second kappa shape index (κ2) is 6.00. The Morgan fingerprint density at radius 1 is 1.10 bits per heavy atom. The van der Waals surface area contributed by atoms with Crippen molar-refractivity contribution in [2.45, 2.75) is 69.2 Å². The second-order valence-corrected chi connectivity index (χ2v) is 6.70. The van der Waals surface area contributed by atoms with Crippen LogP contribution in [-0.4, -0.2) is 64.7 Å². The van der Waals surface area contributed by atoms with E-state index in [-0.39, 0.29) is 18.1 Å². The molecule has 5 nitrogen and oxygen atoms in total. The van der Waals surface area contributed by atoms with Gasteiger partial charge in [0.2, 0.25) is 5.91 Å². The number of primary amides is 1. The van der Waals surface area contributed by atoms with E-state index in [9.17, 15) is 9.90 Å². The van der Waals surface area contributed by atoms with Crippen molar-refractivity contribution < 1.29 is 9.90 Å². The molecule has 0 radical (unpaired) electrons. The van der Waals surface area contributed by atoms with Crippen LogP contribution in [-0.2, 0) is 4.79 Å². The third-order valence-corrected chi connectivity index (χ3v) is 5.45. The van der Waals surface area contributed by atoms with Crippen LogP contribution in [0.4, 0.5) is 0 Å². The molecule has 3 atom stereocenters. The molecule has 3 fully saturated rings. The van der Waals surface area contributed by atoms with Crippen LogP contribution in [0.5, 0.6) is 0 Å². The van der Waals surface area contributed by atoms with E-state index >= 15 is 0 Å². The van der Waals surface area contributed by atoms with E-state index in [1.54, 1.807) is 0 Å². The molecular weight excluding hydrogens is 254 g/mol. The number of hydrogen-bond donors (Lipinski definition) is 2. The van der Waals surface area contributed by atoms with Crippen molar-refractivity contribution in [2.24, 2.45) is 5.73 Å². The highest BCUT2D eigenvalue weighted by Gasteiger charge is 2.40. The lowest BCUT2D eigenvalue weighted by Gasteiger charge is -2.40. The molecule has 2 bridgehead atoms. The quantitative estimate of drug-likeness (QED) is 0.778. The van der Waals surface area contributed by atoms with Gasteiger partial charge in [-0.1, -0.05) is 6.42 Å². The molecule has 20 heavy (non-hydrogen) atoms. The fraction of sp³-hybridized carbons (Fsp3) is 0.933. The summed E-state index contributed by atoms with van der Waals surface area (Å²) >= 11 is 0. The first-order chi connectivity index (χ1) is 9.65. The zero-order chi connectivity index (χ0) is 14.1. The monoisotopic (exact) mass is 281 g/mol. The van der Waals surface area contributed by atoms with Crippen LogP contribution in [0.3, 0.4) is 0 Å². The van der Waals surface area contributed by atoms with Gasteiger partial charge >= 0.3 is 0 Å². The summed E-state index contributed by atoms with van der Waals surface area (Å²) in [7, 11) is 0. The summed E-state index contributed by atoms with van der Waals surface area (Å²) in [6, 6.07) is 1.05. The van der Waals surface area contributed by atoms with Crippen LogP contribution >= 0.6 is 0 Å². The van der Waals surface area contributed by atoms with Crippen molar-refractivity contribution in [3.05, 3.63) is 0 Å². The van der Waals surface area contributed by atoms with Gasteiger partial charge in [-0.15, -0.1) is 0 Å². The number of aliphatic hydroxyl groups excluding tert-OH is 1. The molecule has 0 spiro atoms. The first-order valence-corrected chi connectivity index (χ1v) is 8.12. The normalized spacial score (nSPS) is 39.0. The largest absolute Gasteiger partial charge is 0.393 e. The number of carbonyl (C=O) groups is 1. The minimum Gasteiger partial charge on any atom is -0.393 e. The zero-order valence-electron chi connectivity index (χ0n) is 12.2. The highest BCUT2D eigenvalue weighted by Crippen LogP contribution is 2.35. The fourth-order valence-electron chi connectivity index (χ4n) is 4.44. The van der Waals surface area contributed by atoms with Crippen molar-refractivity contribution in [2.75, 3.05) is 19.6 Å². The molecule has 0 aromatic heterocycles. The maximum absolute atomic E-state index is 11.5. The molecular formula is C15H27N3O2. The average Bonchev–Trinajstić information content (AvgIpc) is 2.67. The van der Waals surface area contributed by atoms with Crippen LogP contribution in [0.2, 0.25) is 0 Å². The van der Waals surface area contributed by atoms with E-state index < -0.39 is 0 Å². The first kappa shape index (κ1) is 14.3. The molecule has 0 aliphatic carbocycles. The Morgan fingerprint density at radius 2 is 1.80 bits per heavy atom. The number of amides is 1. The van der Waals surface area contributed by atoms with Crippen molar-refractivity contribution >= 4 is 5.91 Å². The summed E-state index contributed by atoms with van der Waals surface area (Å²) in [5, 5.41) is 9.84. The van der Waals surface area contributed by atoms with Crippen molar-refractivity contribution in [1.29, 1.82) is 0 Å². The van der Waals surface area contributed by atoms with E-state index in [0.29, 0.717) is 12.1 Å². The third kappa shape index (κ3) is 2.85. The number of hydrogen-bond acceptors (Lipinski definition) is 4. The minimum atomic E-state index is -0.165. The van der Waals surface area contributed by atoms with Crippen molar-refractivity contribution in [1.82, 2.24) is 9.80 Å². The average molecular weight is 281 g/mol. The van der Waals surface area contributed by atoms with E-state index in [1.165, 1.54) is 19.3 Å². The lowest BCUT2D eigenvalue weighted by molar-refractivity contribution is -0.124. The molecule has 1 amide bonds. The van der Waals surface area contributed by atoms with Gasteiger partial charge in [-0.2, -0.15) is 0 Å². The lowest BCUT2D eigenvalue weighted by atomic mass is 9.99. The number of likely N-dealkylation sites (tertiary alicyclic amines) is 1. The van der Waals surface area contributed by atoms with Gasteiger partial charge in [-0.05, 0) is 45.1 Å². The number of nitrogens with two attached hydrogens (primary N) is 1. The summed E-state index contributed by atoms with van der Waals surface area (Å²) in [6.45, 7) is 2.96. The van der Waals surface area contributed by atoms with Crippen molar-refractivity contribution in [3.8, 4) is 0 Å². The summed E-state index contributed by atoms with van der Waals surface area (Å²) in [6.07, 6.45) is 7.41. The van der Waals surface area contributed by atoms with Crippen LogP contribution in [0.1, 0.15) is 44.9 Å². The molecule has 0 aromatic carbocycles. The minimum absolute atomic E-state index is 0.0585. The first-order valence-electron chi connectivity index (χ1n) is 8.12. The highest BCUT2D eigenvalue weighted by atomic mass is 16.3. The summed E-state index contributed by atoms with van der Waals surface area (Å²) in [5.74, 6) is -0.165. The van der Waals surface area contributed by atoms with Gasteiger partial charge in [0.15, 0.2) is 0 Å². The van der Waals surface area contributed by atoms with Crippen molar-refractivity contribution in [3.63, 3.8) is 0 Å². The summed E-state index contributed by atoms with van der Waals surface area (Å²) < 4.78 is 0. The second-order valence-electron chi connectivity index (χ2n) is 6.70. The number of nitrogens with zero attached hydrogens (tertiary/aromatic N) is 2. The van der Waals surface area contributed by atoms with E-state index in [2.05, 4.69) is 9.80 Å². The molecule has 3 unspecified atom stereocenters. The van der Waals surface area contributed by atoms with Gasteiger partial charge in [0.25, 0.3) is 0 Å². The summed E-state index contributed by atoms with van der Waals surface area (Å²) in [5.41, 5.74) is 5.52. The molecule has 0 saturated carbocycles. The topological polar surface area (TPSA) is 69.8 Å². The van der Waals surface area contributed by atoms with Crippen LogP contribution in [0.25, 0.3) is 0 Å². The molecule has 0 aromatic rings. The number of piperidine rings is 2. The number of rotatable bonds is 4. The Hall–Kier alpha value is -0.650. The van der Waals surface area contributed by atoms with Crippen LogP contribution < -0.4 is 5.73 Å². The van der Waals surface area contributed by atoms with Gasteiger partial charge in [0, 0.05) is 25.2 Å². The van der Waals surface area contributed by atoms with E-state index in [1.807, 2.05) is 0 Å². The molecule has 5 heteroatoms. The Labute approximate surface area is 121 Å². The zero-order valence-corrected chi connectivity index (χ0v) is 12.2. The number of carbonyl (C=O) groups excluding carboxylic acids is 1. The summed E-state index contributed by atoms with van der Waals surface area (Å²) in [4.78, 5) is 16.4. The molecule has 3 aliphatic heterocycles. The Kier molecular flexibility index (Phi) is 4.29. The molecule has 3 saturated heterocycles. The van der Waals surface area contributed by atoms with E-state index in [0.717, 1.165) is 45.3 Å². The maximum atomic E-state index is 11.5. The third-order valence-electron chi connectivity index (χ3n) is 5.45. The highest BCUT2D eigenvalue weighted by molar-refractivity contribution is 5.79. The van der Waals surface area contributed by atoms with Gasteiger partial charge in [-0.3, -0.25) is 14.6 Å². The molecule has 3 aliphatic rings. The van der Waals surface area contributed by atoms with Gasteiger partial charge in [0.1, 0.15) is 0 Å².